The molecule has 0 radical (unpaired) electrons. The van der Waals surface area contributed by atoms with Crippen molar-refractivity contribution in [1.82, 2.24) is 10.4 Å². The molecule has 106 valence electrons. The van der Waals surface area contributed by atoms with Crippen molar-refractivity contribution in [2.24, 2.45) is 11.7 Å². The van der Waals surface area contributed by atoms with Gasteiger partial charge in [0.05, 0.1) is 6.04 Å². The highest BCUT2D eigenvalue weighted by Gasteiger charge is 2.14. The lowest BCUT2D eigenvalue weighted by molar-refractivity contribution is -0.126. The van der Waals surface area contributed by atoms with Gasteiger partial charge in [-0.05, 0) is 29.9 Å². The van der Waals surface area contributed by atoms with Gasteiger partial charge in [-0.15, -0.1) is 0 Å². The Bertz CT molecular complexity index is 398. The monoisotopic (exact) mass is 263 g/mol. The number of carbonyl (C=O) groups is 1. The van der Waals surface area contributed by atoms with E-state index in [2.05, 4.69) is 43.5 Å². The maximum atomic E-state index is 11.7. The largest absolute Gasteiger partial charge is 0.320 e. The smallest absolute Gasteiger partial charge is 0.251 e. The molecule has 1 aromatic carbocycles. The van der Waals surface area contributed by atoms with Crippen molar-refractivity contribution in [2.75, 3.05) is 14.1 Å². The van der Waals surface area contributed by atoms with Crippen molar-refractivity contribution >= 4 is 5.91 Å². The van der Waals surface area contributed by atoms with Crippen LogP contribution in [0.2, 0.25) is 0 Å². The van der Waals surface area contributed by atoms with Crippen molar-refractivity contribution in [3.05, 3.63) is 35.4 Å². The summed E-state index contributed by atoms with van der Waals surface area (Å²) in [6, 6.07) is 7.83. The minimum Gasteiger partial charge on any atom is -0.320 e. The van der Waals surface area contributed by atoms with Gasteiger partial charge in [0.15, 0.2) is 0 Å². The Morgan fingerprint density at radius 2 is 1.63 bits per heavy atom. The van der Waals surface area contributed by atoms with Crippen molar-refractivity contribution < 1.29 is 4.79 Å². The number of amides is 1. The molecule has 0 saturated carbocycles. The quantitative estimate of drug-likeness (QED) is 0.762. The number of hydrazine groups is 1. The summed E-state index contributed by atoms with van der Waals surface area (Å²) in [4.78, 5) is 11.7. The average molecular weight is 263 g/mol. The Balaban J connectivity index is 2.55. The minimum absolute atomic E-state index is 0.156. The summed E-state index contributed by atoms with van der Waals surface area (Å²) in [5, 5.41) is 1.61. The van der Waals surface area contributed by atoms with E-state index in [9.17, 15) is 4.79 Å². The molecule has 4 nitrogen and oxygen atoms in total. The summed E-state index contributed by atoms with van der Waals surface area (Å²) in [6.45, 7) is 4.41. The van der Waals surface area contributed by atoms with Crippen LogP contribution in [0.5, 0.6) is 0 Å². The van der Waals surface area contributed by atoms with Crippen molar-refractivity contribution in [1.29, 1.82) is 0 Å². The van der Waals surface area contributed by atoms with Crippen LogP contribution in [0.1, 0.15) is 25.0 Å². The molecule has 19 heavy (non-hydrogen) atoms. The van der Waals surface area contributed by atoms with Gasteiger partial charge >= 0.3 is 0 Å². The van der Waals surface area contributed by atoms with Gasteiger partial charge in [0.2, 0.25) is 0 Å². The molecule has 0 aliphatic carbocycles. The number of nitrogens with two attached hydrogens (primary N) is 1. The predicted molar refractivity (Wildman–Crippen MR) is 78.5 cm³/mol. The first-order valence-electron chi connectivity index (χ1n) is 6.69. The standard InChI is InChI=1S/C15H25N3O/c1-11(2)9-12-5-7-13(8-6-12)10-14(16)15(19)17-18(3)4/h5-8,11,14H,9-10,16H2,1-4H3,(H,17,19). The maximum absolute atomic E-state index is 11.7. The highest BCUT2D eigenvalue weighted by Crippen LogP contribution is 2.10. The molecule has 1 unspecified atom stereocenters. The topological polar surface area (TPSA) is 58.4 Å². The summed E-state index contributed by atoms with van der Waals surface area (Å²) in [5.74, 6) is 0.496. The summed E-state index contributed by atoms with van der Waals surface area (Å²) < 4.78 is 0. The lowest BCUT2D eigenvalue weighted by Gasteiger charge is -2.16. The molecule has 0 bridgehead atoms. The molecule has 0 spiro atoms. The third kappa shape index (κ3) is 5.85. The molecule has 0 aromatic heterocycles. The van der Waals surface area contributed by atoms with Gasteiger partial charge in [-0.25, -0.2) is 5.01 Å². The van der Waals surface area contributed by atoms with E-state index in [1.54, 1.807) is 19.1 Å². The zero-order valence-corrected chi connectivity index (χ0v) is 12.3. The Morgan fingerprint density at radius 1 is 1.16 bits per heavy atom. The van der Waals surface area contributed by atoms with E-state index < -0.39 is 6.04 Å². The van der Waals surface area contributed by atoms with Gasteiger partial charge < -0.3 is 5.73 Å². The third-order valence-electron chi connectivity index (χ3n) is 2.79. The number of carbonyl (C=O) groups excluding carboxylic acids is 1. The van der Waals surface area contributed by atoms with E-state index in [0.717, 1.165) is 12.0 Å². The van der Waals surface area contributed by atoms with Gasteiger partial charge in [0.1, 0.15) is 0 Å². The molecule has 0 aliphatic heterocycles. The molecule has 0 heterocycles. The van der Waals surface area contributed by atoms with Gasteiger partial charge in [0.25, 0.3) is 5.91 Å². The number of hydrogen-bond acceptors (Lipinski definition) is 3. The van der Waals surface area contributed by atoms with Crippen LogP contribution < -0.4 is 11.2 Å². The number of hydrogen-bond donors (Lipinski definition) is 2. The Morgan fingerprint density at radius 3 is 2.05 bits per heavy atom. The van der Waals surface area contributed by atoms with Crippen LogP contribution in [0.25, 0.3) is 0 Å². The fourth-order valence-electron chi connectivity index (χ4n) is 1.93. The maximum Gasteiger partial charge on any atom is 0.251 e. The molecular formula is C15H25N3O. The van der Waals surface area contributed by atoms with Crippen LogP contribution in [-0.2, 0) is 17.6 Å². The molecule has 0 saturated heterocycles. The molecule has 0 aliphatic rings. The Labute approximate surface area is 115 Å². The fraction of sp³-hybridized carbons (Fsp3) is 0.533. The lowest BCUT2D eigenvalue weighted by Crippen LogP contribution is -2.47. The van der Waals surface area contributed by atoms with E-state index in [0.29, 0.717) is 12.3 Å². The molecule has 1 rings (SSSR count). The third-order valence-corrected chi connectivity index (χ3v) is 2.79. The lowest BCUT2D eigenvalue weighted by atomic mass is 9.99. The second-order valence-electron chi connectivity index (χ2n) is 5.60. The van der Waals surface area contributed by atoms with E-state index >= 15 is 0 Å². The predicted octanol–water partition coefficient (Wildman–Crippen LogP) is 1.35. The van der Waals surface area contributed by atoms with E-state index in [1.807, 2.05) is 0 Å². The first-order valence-corrected chi connectivity index (χ1v) is 6.69. The zero-order valence-electron chi connectivity index (χ0n) is 12.3. The van der Waals surface area contributed by atoms with Crippen molar-refractivity contribution in [2.45, 2.75) is 32.7 Å². The normalized spacial score (nSPS) is 12.8. The first kappa shape index (κ1) is 15.7. The SMILES string of the molecule is CC(C)Cc1ccc(CC(N)C(=O)NN(C)C)cc1. The summed E-state index contributed by atoms with van der Waals surface area (Å²) in [7, 11) is 3.54. The Kier molecular flexibility index (Phi) is 5.99. The van der Waals surface area contributed by atoms with Crippen molar-refractivity contribution in [3.63, 3.8) is 0 Å². The van der Waals surface area contributed by atoms with Gasteiger partial charge in [0, 0.05) is 14.1 Å². The molecule has 3 N–H and O–H groups in total. The first-order chi connectivity index (χ1) is 8.88. The molecule has 1 aromatic rings. The minimum atomic E-state index is -0.515. The van der Waals surface area contributed by atoms with Crippen LogP contribution in [-0.4, -0.2) is 31.1 Å². The van der Waals surface area contributed by atoms with Crippen LogP contribution in [0.4, 0.5) is 0 Å². The van der Waals surface area contributed by atoms with Crippen molar-refractivity contribution in [3.8, 4) is 0 Å². The number of benzene rings is 1. The van der Waals surface area contributed by atoms with Crippen LogP contribution in [0.15, 0.2) is 24.3 Å². The van der Waals surface area contributed by atoms with Gasteiger partial charge in [-0.1, -0.05) is 38.1 Å². The average Bonchev–Trinajstić information content (AvgIpc) is 2.30. The zero-order chi connectivity index (χ0) is 14.4. The van der Waals surface area contributed by atoms with E-state index in [-0.39, 0.29) is 5.91 Å². The van der Waals surface area contributed by atoms with E-state index in [1.165, 1.54) is 5.56 Å². The molecular weight excluding hydrogens is 238 g/mol. The highest BCUT2D eigenvalue weighted by molar-refractivity contribution is 5.81. The second-order valence-corrected chi connectivity index (χ2v) is 5.60. The molecule has 1 atom stereocenters. The summed E-state index contributed by atoms with van der Waals surface area (Å²) in [6.07, 6.45) is 1.63. The number of rotatable bonds is 6. The molecule has 4 heteroatoms. The number of nitrogens with zero attached hydrogens (tertiary/aromatic N) is 1. The summed E-state index contributed by atoms with van der Waals surface area (Å²) >= 11 is 0. The second kappa shape index (κ2) is 7.26. The van der Waals surface area contributed by atoms with Crippen LogP contribution in [0.3, 0.4) is 0 Å². The van der Waals surface area contributed by atoms with Gasteiger partial charge in [-0.2, -0.15) is 0 Å². The van der Waals surface area contributed by atoms with Gasteiger partial charge in [-0.3, -0.25) is 10.2 Å². The fourth-order valence-corrected chi connectivity index (χ4v) is 1.93. The summed E-state index contributed by atoms with van der Waals surface area (Å²) in [5.41, 5.74) is 11.0. The van der Waals surface area contributed by atoms with E-state index in [4.69, 9.17) is 5.73 Å². The highest BCUT2D eigenvalue weighted by atomic mass is 16.2. The molecule has 1 amide bonds. The molecule has 0 fully saturated rings. The van der Waals surface area contributed by atoms with Crippen LogP contribution in [0, 0.1) is 5.92 Å². The number of nitrogens with one attached hydrogen (secondary N) is 1. The van der Waals surface area contributed by atoms with Crippen LogP contribution >= 0.6 is 0 Å². The Hall–Kier alpha value is -1.39.